The molecule has 0 spiro atoms. The zero-order valence-electron chi connectivity index (χ0n) is 15.2. The molecule has 2 heterocycles. The van der Waals surface area contributed by atoms with E-state index in [4.69, 9.17) is 10.5 Å². The minimum absolute atomic E-state index is 0.226. The molecule has 8 heteroatoms. The van der Waals surface area contributed by atoms with Gasteiger partial charge >= 0.3 is 5.69 Å². The summed E-state index contributed by atoms with van der Waals surface area (Å²) in [4.78, 5) is 30.7. The normalized spacial score (nSPS) is 14.5. The number of rotatable bonds is 5. The fourth-order valence-electron chi connectivity index (χ4n) is 3.36. The maximum atomic E-state index is 12.3. The highest BCUT2D eigenvalue weighted by Gasteiger charge is 2.24. The third-order valence-electron chi connectivity index (χ3n) is 4.63. The third-order valence-corrected chi connectivity index (χ3v) is 4.63. The Bertz CT molecular complexity index is 881. The first-order valence-electron chi connectivity index (χ1n) is 8.91. The largest absolute Gasteiger partial charge is 0.492 e. The zero-order chi connectivity index (χ0) is 18.7. The molecule has 1 aromatic carbocycles. The highest BCUT2D eigenvalue weighted by atomic mass is 16.5. The van der Waals surface area contributed by atoms with E-state index in [0.717, 1.165) is 24.5 Å². The molecule has 0 saturated carbocycles. The number of nitrogens with zero attached hydrogens (tertiary/aromatic N) is 3. The van der Waals surface area contributed by atoms with E-state index in [2.05, 4.69) is 9.88 Å². The van der Waals surface area contributed by atoms with Crippen LogP contribution in [0.1, 0.15) is 13.8 Å². The number of nitrogens with two attached hydrogens (primary N) is 1. The Morgan fingerprint density at radius 2 is 1.73 bits per heavy atom. The smallest absolute Gasteiger partial charge is 0.330 e. The van der Waals surface area contributed by atoms with E-state index in [1.165, 1.54) is 4.57 Å². The lowest BCUT2D eigenvalue weighted by atomic mass is 10.2. The van der Waals surface area contributed by atoms with E-state index in [1.54, 1.807) is 0 Å². The fraction of sp³-hybridized carbons (Fsp3) is 0.444. The van der Waals surface area contributed by atoms with Gasteiger partial charge in [-0.2, -0.15) is 0 Å². The molecule has 0 atom stereocenters. The molecule has 3 N–H and O–H groups in total. The van der Waals surface area contributed by atoms with Crippen molar-refractivity contribution in [2.75, 3.05) is 48.3 Å². The lowest BCUT2D eigenvalue weighted by Gasteiger charge is -2.37. The maximum absolute atomic E-state index is 12.3. The molecule has 140 valence electrons. The number of nitrogens with one attached hydrogen (secondary N) is 1. The van der Waals surface area contributed by atoms with Crippen LogP contribution in [0, 0.1) is 0 Å². The average Bonchev–Trinajstić information content (AvgIpc) is 2.63. The van der Waals surface area contributed by atoms with Crippen molar-refractivity contribution >= 4 is 17.2 Å². The fourth-order valence-corrected chi connectivity index (χ4v) is 3.36. The van der Waals surface area contributed by atoms with E-state index in [0.29, 0.717) is 31.9 Å². The van der Waals surface area contributed by atoms with Gasteiger partial charge in [0, 0.05) is 32.7 Å². The summed E-state index contributed by atoms with van der Waals surface area (Å²) < 4.78 is 7.10. The number of nitrogen functional groups attached to an aromatic ring is 1. The molecule has 3 rings (SSSR count). The van der Waals surface area contributed by atoms with Gasteiger partial charge in [-0.3, -0.25) is 14.3 Å². The van der Waals surface area contributed by atoms with Crippen LogP contribution in [0.15, 0.2) is 33.9 Å². The lowest BCUT2D eigenvalue weighted by molar-refractivity contribution is 0.340. The summed E-state index contributed by atoms with van der Waals surface area (Å²) in [6.07, 6.45) is 0. The van der Waals surface area contributed by atoms with Crippen LogP contribution < -0.4 is 31.5 Å². The Morgan fingerprint density at radius 3 is 2.38 bits per heavy atom. The number of ether oxygens (including phenoxy) is 1. The molecular weight excluding hydrogens is 334 g/mol. The van der Waals surface area contributed by atoms with Gasteiger partial charge in [0.15, 0.2) is 0 Å². The van der Waals surface area contributed by atoms with Gasteiger partial charge in [-0.1, -0.05) is 12.1 Å². The number of benzene rings is 1. The van der Waals surface area contributed by atoms with Gasteiger partial charge in [0.05, 0.1) is 12.3 Å². The molecule has 1 aromatic heterocycles. The Labute approximate surface area is 151 Å². The summed E-state index contributed by atoms with van der Waals surface area (Å²) in [5, 5.41) is 0. The van der Waals surface area contributed by atoms with Gasteiger partial charge in [-0.15, -0.1) is 0 Å². The summed E-state index contributed by atoms with van der Waals surface area (Å²) >= 11 is 0. The summed E-state index contributed by atoms with van der Waals surface area (Å²) in [6.45, 7) is 7.54. The topological polar surface area (TPSA) is 96.6 Å². The summed E-state index contributed by atoms with van der Waals surface area (Å²) in [6, 6.07) is 7.95. The summed E-state index contributed by atoms with van der Waals surface area (Å²) in [5.41, 5.74) is 6.63. The van der Waals surface area contributed by atoms with Crippen molar-refractivity contribution in [1.29, 1.82) is 0 Å². The van der Waals surface area contributed by atoms with Crippen LogP contribution in [0.4, 0.5) is 17.2 Å². The number of hydrogen-bond acceptors (Lipinski definition) is 6. The SMILES string of the molecule is CCOc1ccccc1N1CCN(c2c(N)n(CC)c(=O)[nH]c2=O)CC1. The molecular formula is C18H25N5O3. The molecule has 0 amide bonds. The molecule has 0 aliphatic carbocycles. The first kappa shape index (κ1) is 17.9. The highest BCUT2D eigenvalue weighted by Crippen LogP contribution is 2.29. The number of aromatic nitrogens is 2. The van der Waals surface area contributed by atoms with Crippen molar-refractivity contribution < 1.29 is 4.74 Å². The number of para-hydroxylation sites is 2. The second-order valence-electron chi connectivity index (χ2n) is 6.11. The number of anilines is 3. The van der Waals surface area contributed by atoms with E-state index >= 15 is 0 Å². The molecule has 1 aliphatic rings. The van der Waals surface area contributed by atoms with E-state index in [1.807, 2.05) is 43.0 Å². The summed E-state index contributed by atoms with van der Waals surface area (Å²) in [7, 11) is 0. The van der Waals surface area contributed by atoms with E-state index in [-0.39, 0.29) is 5.82 Å². The van der Waals surface area contributed by atoms with Crippen LogP contribution in [0.25, 0.3) is 0 Å². The summed E-state index contributed by atoms with van der Waals surface area (Å²) in [5.74, 6) is 1.09. The van der Waals surface area contributed by atoms with Crippen molar-refractivity contribution in [2.45, 2.75) is 20.4 Å². The maximum Gasteiger partial charge on any atom is 0.330 e. The Morgan fingerprint density at radius 1 is 1.08 bits per heavy atom. The van der Waals surface area contributed by atoms with Crippen molar-refractivity contribution in [3.63, 3.8) is 0 Å². The second-order valence-corrected chi connectivity index (χ2v) is 6.11. The lowest BCUT2D eigenvalue weighted by Crippen LogP contribution is -2.49. The number of piperazine rings is 1. The quantitative estimate of drug-likeness (QED) is 0.822. The zero-order valence-corrected chi connectivity index (χ0v) is 15.2. The molecule has 1 saturated heterocycles. The van der Waals surface area contributed by atoms with Gasteiger partial charge in [-0.05, 0) is 26.0 Å². The molecule has 0 unspecified atom stereocenters. The number of hydrogen-bond donors (Lipinski definition) is 2. The van der Waals surface area contributed by atoms with Crippen LogP contribution in [0.3, 0.4) is 0 Å². The Kier molecular flexibility index (Phi) is 5.20. The Hall–Kier alpha value is -2.90. The molecule has 8 nitrogen and oxygen atoms in total. The van der Waals surface area contributed by atoms with Gasteiger partial charge < -0.3 is 20.3 Å². The van der Waals surface area contributed by atoms with Crippen molar-refractivity contribution in [1.82, 2.24) is 9.55 Å². The first-order chi connectivity index (χ1) is 12.6. The van der Waals surface area contributed by atoms with Crippen molar-refractivity contribution in [2.24, 2.45) is 0 Å². The minimum Gasteiger partial charge on any atom is -0.492 e. The highest BCUT2D eigenvalue weighted by molar-refractivity contribution is 5.64. The molecule has 0 radical (unpaired) electrons. The second kappa shape index (κ2) is 7.55. The molecule has 2 aromatic rings. The third kappa shape index (κ3) is 3.26. The monoisotopic (exact) mass is 359 g/mol. The van der Waals surface area contributed by atoms with Crippen LogP contribution >= 0.6 is 0 Å². The van der Waals surface area contributed by atoms with Crippen LogP contribution in [-0.4, -0.2) is 42.3 Å². The molecule has 1 aliphatic heterocycles. The van der Waals surface area contributed by atoms with Crippen LogP contribution in [-0.2, 0) is 6.54 Å². The van der Waals surface area contributed by atoms with Crippen molar-refractivity contribution in [3.8, 4) is 5.75 Å². The van der Waals surface area contributed by atoms with Crippen LogP contribution in [0.2, 0.25) is 0 Å². The molecule has 26 heavy (non-hydrogen) atoms. The van der Waals surface area contributed by atoms with E-state index in [9.17, 15) is 9.59 Å². The standard InChI is InChI=1S/C18H25N5O3/c1-3-23-16(19)15(17(24)20-18(23)25)22-11-9-21(10-12-22)13-7-5-6-8-14(13)26-4-2/h5-8H,3-4,9-12,19H2,1-2H3,(H,20,24,25). The number of aromatic amines is 1. The van der Waals surface area contributed by atoms with Gasteiger partial charge in [0.25, 0.3) is 5.56 Å². The van der Waals surface area contributed by atoms with Gasteiger partial charge in [0.2, 0.25) is 0 Å². The predicted molar refractivity (Wildman–Crippen MR) is 103 cm³/mol. The molecule has 0 bridgehead atoms. The predicted octanol–water partition coefficient (Wildman–Crippen LogP) is 0.864. The Balaban J connectivity index is 1.82. The van der Waals surface area contributed by atoms with Gasteiger partial charge in [-0.25, -0.2) is 4.79 Å². The van der Waals surface area contributed by atoms with Crippen LogP contribution in [0.5, 0.6) is 5.75 Å². The average molecular weight is 359 g/mol. The van der Waals surface area contributed by atoms with E-state index < -0.39 is 11.2 Å². The number of H-pyrrole nitrogens is 1. The first-order valence-corrected chi connectivity index (χ1v) is 8.91. The minimum atomic E-state index is -0.469. The van der Waals surface area contributed by atoms with Gasteiger partial charge in [0.1, 0.15) is 17.3 Å². The van der Waals surface area contributed by atoms with Crippen molar-refractivity contribution in [3.05, 3.63) is 45.1 Å². The molecule has 1 fully saturated rings.